The molecule has 1 aliphatic heterocycles. The standard InChI is InChI=1S/C13H22BrN5O/c1-3-10(8-15)18-4-6-19(7-5-18)13-16-9-11(14)12(17-13)20-2/h9-10H,3-8,15H2,1-2H3. The van der Waals surface area contributed by atoms with Crippen LogP contribution in [0.25, 0.3) is 0 Å². The van der Waals surface area contributed by atoms with Crippen molar-refractivity contribution >= 4 is 21.9 Å². The van der Waals surface area contributed by atoms with Crippen molar-refractivity contribution in [2.45, 2.75) is 19.4 Å². The first kappa shape index (κ1) is 15.5. The zero-order valence-corrected chi connectivity index (χ0v) is 13.6. The Labute approximate surface area is 128 Å². The number of ether oxygens (including phenoxy) is 1. The summed E-state index contributed by atoms with van der Waals surface area (Å²) >= 11 is 3.37. The quantitative estimate of drug-likeness (QED) is 0.863. The van der Waals surface area contributed by atoms with Gasteiger partial charge in [0.25, 0.3) is 0 Å². The molecule has 2 rings (SSSR count). The van der Waals surface area contributed by atoms with Gasteiger partial charge in [-0.15, -0.1) is 0 Å². The Bertz CT molecular complexity index is 433. The lowest BCUT2D eigenvalue weighted by Gasteiger charge is -2.38. The number of halogens is 1. The molecule has 112 valence electrons. The number of hydrogen-bond donors (Lipinski definition) is 1. The normalized spacial score (nSPS) is 18.1. The van der Waals surface area contributed by atoms with E-state index in [1.54, 1.807) is 13.3 Å². The first-order chi connectivity index (χ1) is 9.69. The fourth-order valence-corrected chi connectivity index (χ4v) is 2.85. The van der Waals surface area contributed by atoms with Crippen molar-refractivity contribution in [3.8, 4) is 5.88 Å². The van der Waals surface area contributed by atoms with Crippen LogP contribution in [0.2, 0.25) is 0 Å². The molecule has 0 aromatic carbocycles. The van der Waals surface area contributed by atoms with Gasteiger partial charge in [-0.05, 0) is 22.4 Å². The van der Waals surface area contributed by atoms with Crippen molar-refractivity contribution in [3.63, 3.8) is 0 Å². The van der Waals surface area contributed by atoms with Gasteiger partial charge in [0.15, 0.2) is 0 Å². The van der Waals surface area contributed by atoms with Gasteiger partial charge in [0.05, 0.1) is 17.8 Å². The van der Waals surface area contributed by atoms with E-state index >= 15 is 0 Å². The lowest BCUT2D eigenvalue weighted by molar-refractivity contribution is 0.183. The Morgan fingerprint density at radius 1 is 1.40 bits per heavy atom. The Morgan fingerprint density at radius 3 is 2.65 bits per heavy atom. The van der Waals surface area contributed by atoms with Crippen LogP contribution >= 0.6 is 15.9 Å². The summed E-state index contributed by atoms with van der Waals surface area (Å²) < 4.78 is 5.99. The van der Waals surface area contributed by atoms with Gasteiger partial charge in [0.2, 0.25) is 11.8 Å². The number of rotatable bonds is 5. The molecule has 0 spiro atoms. The van der Waals surface area contributed by atoms with E-state index in [0.717, 1.165) is 49.6 Å². The fourth-order valence-electron chi connectivity index (χ4n) is 2.50. The molecular formula is C13H22BrN5O. The van der Waals surface area contributed by atoms with Crippen molar-refractivity contribution in [1.82, 2.24) is 14.9 Å². The van der Waals surface area contributed by atoms with Crippen LogP contribution in [0, 0.1) is 0 Å². The van der Waals surface area contributed by atoms with Gasteiger partial charge >= 0.3 is 0 Å². The topological polar surface area (TPSA) is 67.5 Å². The average Bonchev–Trinajstić information content (AvgIpc) is 2.50. The highest BCUT2D eigenvalue weighted by atomic mass is 79.9. The number of nitrogens with two attached hydrogens (primary N) is 1. The van der Waals surface area contributed by atoms with Crippen LogP contribution in [0.15, 0.2) is 10.7 Å². The Hall–Kier alpha value is -0.920. The van der Waals surface area contributed by atoms with Crippen molar-refractivity contribution in [3.05, 3.63) is 10.7 Å². The number of methoxy groups -OCH3 is 1. The third-order valence-electron chi connectivity index (χ3n) is 3.75. The number of piperazine rings is 1. The predicted octanol–water partition coefficient (Wildman–Crippen LogP) is 1.11. The van der Waals surface area contributed by atoms with E-state index < -0.39 is 0 Å². The molecule has 2 N–H and O–H groups in total. The Balaban J connectivity index is 2.00. The molecule has 1 fully saturated rings. The van der Waals surface area contributed by atoms with Crippen LogP contribution in [-0.4, -0.2) is 60.7 Å². The largest absolute Gasteiger partial charge is 0.480 e. The number of nitrogens with zero attached hydrogens (tertiary/aromatic N) is 4. The molecule has 1 saturated heterocycles. The summed E-state index contributed by atoms with van der Waals surface area (Å²) in [6.07, 6.45) is 2.83. The van der Waals surface area contributed by atoms with Gasteiger partial charge in [0, 0.05) is 38.8 Å². The highest BCUT2D eigenvalue weighted by Crippen LogP contribution is 2.24. The second-order valence-corrected chi connectivity index (χ2v) is 5.70. The third-order valence-corrected chi connectivity index (χ3v) is 4.29. The molecular weight excluding hydrogens is 322 g/mol. The maximum Gasteiger partial charge on any atom is 0.232 e. The van der Waals surface area contributed by atoms with E-state index in [2.05, 4.69) is 42.6 Å². The summed E-state index contributed by atoms with van der Waals surface area (Å²) in [5.74, 6) is 1.30. The van der Waals surface area contributed by atoms with E-state index in [1.807, 2.05) is 0 Å². The third kappa shape index (κ3) is 3.39. The van der Waals surface area contributed by atoms with Gasteiger partial charge in [-0.2, -0.15) is 4.98 Å². The van der Waals surface area contributed by atoms with Crippen LogP contribution in [0.3, 0.4) is 0 Å². The molecule has 1 aromatic heterocycles. The lowest BCUT2D eigenvalue weighted by Crippen LogP contribution is -2.52. The van der Waals surface area contributed by atoms with E-state index in [0.29, 0.717) is 11.9 Å². The molecule has 0 bridgehead atoms. The predicted molar refractivity (Wildman–Crippen MR) is 83.2 cm³/mol. The fraction of sp³-hybridized carbons (Fsp3) is 0.692. The minimum absolute atomic E-state index is 0.484. The number of anilines is 1. The van der Waals surface area contributed by atoms with Gasteiger partial charge in [0.1, 0.15) is 0 Å². The van der Waals surface area contributed by atoms with E-state index in [-0.39, 0.29) is 0 Å². The highest BCUT2D eigenvalue weighted by molar-refractivity contribution is 9.10. The van der Waals surface area contributed by atoms with Gasteiger partial charge < -0.3 is 15.4 Å². The lowest BCUT2D eigenvalue weighted by atomic mass is 10.1. The molecule has 2 heterocycles. The molecule has 1 unspecified atom stereocenters. The van der Waals surface area contributed by atoms with Crippen LogP contribution in [-0.2, 0) is 0 Å². The van der Waals surface area contributed by atoms with Gasteiger partial charge in [-0.25, -0.2) is 4.98 Å². The second kappa shape index (κ2) is 7.19. The zero-order chi connectivity index (χ0) is 14.5. The van der Waals surface area contributed by atoms with Crippen molar-refractivity contribution in [2.24, 2.45) is 5.73 Å². The summed E-state index contributed by atoms with van der Waals surface area (Å²) in [5.41, 5.74) is 5.81. The van der Waals surface area contributed by atoms with Gasteiger partial charge in [-0.3, -0.25) is 4.90 Å². The smallest absolute Gasteiger partial charge is 0.232 e. The summed E-state index contributed by atoms with van der Waals surface area (Å²) in [5, 5.41) is 0. The van der Waals surface area contributed by atoms with Crippen LogP contribution in [0.5, 0.6) is 5.88 Å². The Kier molecular flexibility index (Phi) is 5.56. The summed E-state index contributed by atoms with van der Waals surface area (Å²) in [6.45, 7) is 6.74. The first-order valence-corrected chi connectivity index (χ1v) is 7.74. The number of hydrogen-bond acceptors (Lipinski definition) is 6. The van der Waals surface area contributed by atoms with Crippen LogP contribution < -0.4 is 15.4 Å². The van der Waals surface area contributed by atoms with Crippen LogP contribution in [0.4, 0.5) is 5.95 Å². The molecule has 0 radical (unpaired) electrons. The molecule has 1 aliphatic rings. The first-order valence-electron chi connectivity index (χ1n) is 6.95. The van der Waals surface area contributed by atoms with Crippen LogP contribution in [0.1, 0.15) is 13.3 Å². The number of aromatic nitrogens is 2. The molecule has 0 saturated carbocycles. The maximum absolute atomic E-state index is 5.81. The molecule has 1 aromatic rings. The van der Waals surface area contributed by atoms with E-state index in [1.165, 1.54) is 0 Å². The molecule has 0 amide bonds. The molecule has 1 atom stereocenters. The summed E-state index contributed by atoms with van der Waals surface area (Å²) in [7, 11) is 1.61. The molecule has 6 nitrogen and oxygen atoms in total. The molecule has 7 heteroatoms. The second-order valence-electron chi connectivity index (χ2n) is 4.85. The minimum atomic E-state index is 0.484. The van der Waals surface area contributed by atoms with Crippen molar-refractivity contribution in [1.29, 1.82) is 0 Å². The van der Waals surface area contributed by atoms with E-state index in [9.17, 15) is 0 Å². The Morgan fingerprint density at radius 2 is 2.10 bits per heavy atom. The minimum Gasteiger partial charge on any atom is -0.480 e. The molecule has 20 heavy (non-hydrogen) atoms. The molecule has 0 aliphatic carbocycles. The highest BCUT2D eigenvalue weighted by Gasteiger charge is 2.23. The summed E-state index contributed by atoms with van der Waals surface area (Å²) in [4.78, 5) is 13.4. The monoisotopic (exact) mass is 343 g/mol. The summed E-state index contributed by atoms with van der Waals surface area (Å²) in [6, 6.07) is 0.484. The maximum atomic E-state index is 5.81. The van der Waals surface area contributed by atoms with Crippen molar-refractivity contribution in [2.75, 3.05) is 44.7 Å². The zero-order valence-electron chi connectivity index (χ0n) is 12.0. The average molecular weight is 344 g/mol. The SMILES string of the molecule is CCC(CN)N1CCN(c2ncc(Br)c(OC)n2)CC1. The van der Waals surface area contributed by atoms with Gasteiger partial charge in [-0.1, -0.05) is 6.92 Å². The van der Waals surface area contributed by atoms with Crippen molar-refractivity contribution < 1.29 is 4.74 Å². The van der Waals surface area contributed by atoms with E-state index in [4.69, 9.17) is 10.5 Å².